The third-order valence-electron chi connectivity index (χ3n) is 2.45. The number of methoxy groups -OCH3 is 1. The van der Waals surface area contributed by atoms with Gasteiger partial charge in [0.15, 0.2) is 0 Å². The summed E-state index contributed by atoms with van der Waals surface area (Å²) >= 11 is 0. The molecule has 0 aliphatic rings. The number of hydrogen-bond donors (Lipinski definition) is 1. The highest BCUT2D eigenvalue weighted by Gasteiger charge is 2.03. The molecule has 1 aromatic carbocycles. The summed E-state index contributed by atoms with van der Waals surface area (Å²) in [6, 6.07) is 5.61. The zero-order valence-electron chi connectivity index (χ0n) is 10.2. The van der Waals surface area contributed by atoms with Crippen LogP contribution in [0.5, 0.6) is 5.75 Å². The summed E-state index contributed by atoms with van der Waals surface area (Å²) in [7, 11) is 1.66. The van der Waals surface area contributed by atoms with Crippen molar-refractivity contribution >= 4 is 5.69 Å². The van der Waals surface area contributed by atoms with Crippen molar-refractivity contribution in [2.45, 2.75) is 32.8 Å². The van der Waals surface area contributed by atoms with Gasteiger partial charge in [-0.05, 0) is 24.6 Å². The first-order valence-electron chi connectivity index (χ1n) is 5.78. The standard InChI is InChI=1S/C13H21NO2/c1-3-4-5-8-16-10-11-9-12(14)6-7-13(11)15-2/h6-7,9H,3-5,8,10,14H2,1-2H3. The maximum atomic E-state index is 5.72. The zero-order chi connectivity index (χ0) is 11.8. The van der Waals surface area contributed by atoms with Crippen LogP contribution in [0.1, 0.15) is 31.7 Å². The second-order valence-corrected chi connectivity index (χ2v) is 3.83. The molecule has 0 unspecified atom stereocenters. The van der Waals surface area contributed by atoms with Gasteiger partial charge in [0.25, 0.3) is 0 Å². The number of rotatable bonds is 7. The number of benzene rings is 1. The van der Waals surface area contributed by atoms with Crippen LogP contribution in [-0.4, -0.2) is 13.7 Å². The number of nitrogen functional groups attached to an aromatic ring is 1. The van der Waals surface area contributed by atoms with Gasteiger partial charge in [-0.1, -0.05) is 19.8 Å². The molecule has 0 saturated heterocycles. The Morgan fingerprint density at radius 2 is 2.06 bits per heavy atom. The molecule has 0 atom stereocenters. The van der Waals surface area contributed by atoms with E-state index in [0.717, 1.165) is 30.0 Å². The van der Waals surface area contributed by atoms with Crippen molar-refractivity contribution in [2.75, 3.05) is 19.5 Å². The van der Waals surface area contributed by atoms with Crippen molar-refractivity contribution < 1.29 is 9.47 Å². The molecular weight excluding hydrogens is 202 g/mol. The Hall–Kier alpha value is -1.22. The molecule has 1 aromatic rings. The van der Waals surface area contributed by atoms with Crippen molar-refractivity contribution in [3.8, 4) is 5.75 Å². The SMILES string of the molecule is CCCCCOCc1cc(N)ccc1OC. The minimum absolute atomic E-state index is 0.567. The summed E-state index contributed by atoms with van der Waals surface area (Å²) in [5, 5.41) is 0. The van der Waals surface area contributed by atoms with Crippen LogP contribution in [-0.2, 0) is 11.3 Å². The van der Waals surface area contributed by atoms with Crippen LogP contribution in [0, 0.1) is 0 Å². The number of ether oxygens (including phenoxy) is 2. The van der Waals surface area contributed by atoms with Crippen molar-refractivity contribution in [1.82, 2.24) is 0 Å². The summed E-state index contributed by atoms with van der Waals surface area (Å²) in [5.41, 5.74) is 7.48. The van der Waals surface area contributed by atoms with E-state index in [9.17, 15) is 0 Å². The Morgan fingerprint density at radius 3 is 2.75 bits per heavy atom. The predicted molar refractivity (Wildman–Crippen MR) is 66.6 cm³/mol. The molecule has 2 N–H and O–H groups in total. The van der Waals surface area contributed by atoms with Crippen LogP contribution in [0.4, 0.5) is 5.69 Å². The molecule has 90 valence electrons. The summed E-state index contributed by atoms with van der Waals surface area (Å²) in [6.07, 6.45) is 3.54. The van der Waals surface area contributed by atoms with E-state index in [2.05, 4.69) is 6.92 Å². The van der Waals surface area contributed by atoms with Gasteiger partial charge in [0.05, 0.1) is 13.7 Å². The molecule has 0 saturated carbocycles. The fraction of sp³-hybridized carbons (Fsp3) is 0.538. The van der Waals surface area contributed by atoms with Crippen LogP contribution in [0.3, 0.4) is 0 Å². The van der Waals surface area contributed by atoms with E-state index in [1.54, 1.807) is 7.11 Å². The zero-order valence-corrected chi connectivity index (χ0v) is 10.2. The lowest BCUT2D eigenvalue weighted by Crippen LogP contribution is -1.99. The second-order valence-electron chi connectivity index (χ2n) is 3.83. The van der Waals surface area contributed by atoms with E-state index in [1.165, 1.54) is 12.8 Å². The molecule has 0 amide bonds. The molecule has 0 aliphatic carbocycles. The van der Waals surface area contributed by atoms with Gasteiger partial charge in [-0.2, -0.15) is 0 Å². The molecule has 0 heterocycles. The smallest absolute Gasteiger partial charge is 0.124 e. The number of nitrogens with two attached hydrogens (primary N) is 1. The first-order valence-corrected chi connectivity index (χ1v) is 5.78. The summed E-state index contributed by atoms with van der Waals surface area (Å²) in [4.78, 5) is 0. The van der Waals surface area contributed by atoms with Gasteiger partial charge in [0.2, 0.25) is 0 Å². The van der Waals surface area contributed by atoms with E-state index in [4.69, 9.17) is 15.2 Å². The lowest BCUT2D eigenvalue weighted by molar-refractivity contribution is 0.115. The van der Waals surface area contributed by atoms with Crippen molar-refractivity contribution in [1.29, 1.82) is 0 Å². The minimum Gasteiger partial charge on any atom is -0.496 e. The van der Waals surface area contributed by atoms with Crippen molar-refractivity contribution in [2.24, 2.45) is 0 Å². The first kappa shape index (κ1) is 12.8. The summed E-state index contributed by atoms with van der Waals surface area (Å²) in [6.45, 7) is 3.55. The molecular formula is C13H21NO2. The number of unbranched alkanes of at least 4 members (excludes halogenated alkanes) is 2. The fourth-order valence-electron chi connectivity index (χ4n) is 1.55. The topological polar surface area (TPSA) is 44.5 Å². The third kappa shape index (κ3) is 4.11. The molecule has 0 spiro atoms. The molecule has 16 heavy (non-hydrogen) atoms. The monoisotopic (exact) mass is 223 g/mol. The largest absolute Gasteiger partial charge is 0.496 e. The first-order chi connectivity index (χ1) is 7.77. The average Bonchev–Trinajstić information content (AvgIpc) is 2.29. The molecule has 0 fully saturated rings. The highest BCUT2D eigenvalue weighted by Crippen LogP contribution is 2.21. The van der Waals surface area contributed by atoms with Gasteiger partial charge in [0, 0.05) is 17.9 Å². The number of hydrogen-bond acceptors (Lipinski definition) is 3. The number of anilines is 1. The molecule has 3 heteroatoms. The Labute approximate surface area is 97.6 Å². The van der Waals surface area contributed by atoms with Gasteiger partial charge in [-0.3, -0.25) is 0 Å². The lowest BCUT2D eigenvalue weighted by atomic mass is 10.2. The fourth-order valence-corrected chi connectivity index (χ4v) is 1.55. The normalized spacial score (nSPS) is 10.4. The Kier molecular flexibility index (Phi) is 5.72. The van der Waals surface area contributed by atoms with Gasteiger partial charge in [-0.25, -0.2) is 0 Å². The third-order valence-corrected chi connectivity index (χ3v) is 2.45. The maximum absolute atomic E-state index is 5.72. The van der Waals surface area contributed by atoms with Crippen LogP contribution in [0.25, 0.3) is 0 Å². The highest BCUT2D eigenvalue weighted by atomic mass is 16.5. The van der Waals surface area contributed by atoms with Gasteiger partial charge in [0.1, 0.15) is 5.75 Å². The Morgan fingerprint density at radius 1 is 1.25 bits per heavy atom. The molecule has 0 bridgehead atoms. The molecule has 3 nitrogen and oxygen atoms in total. The minimum atomic E-state index is 0.567. The van der Waals surface area contributed by atoms with E-state index in [1.807, 2.05) is 18.2 Å². The van der Waals surface area contributed by atoms with E-state index >= 15 is 0 Å². The van der Waals surface area contributed by atoms with Crippen LogP contribution in [0.15, 0.2) is 18.2 Å². The van der Waals surface area contributed by atoms with E-state index < -0.39 is 0 Å². The lowest BCUT2D eigenvalue weighted by Gasteiger charge is -2.09. The van der Waals surface area contributed by atoms with Crippen molar-refractivity contribution in [3.05, 3.63) is 23.8 Å². The van der Waals surface area contributed by atoms with Crippen LogP contribution in [0.2, 0.25) is 0 Å². The molecule has 0 radical (unpaired) electrons. The van der Waals surface area contributed by atoms with Crippen LogP contribution < -0.4 is 10.5 Å². The molecule has 1 rings (SSSR count). The van der Waals surface area contributed by atoms with Crippen LogP contribution >= 0.6 is 0 Å². The Bertz CT molecular complexity index is 313. The quantitative estimate of drug-likeness (QED) is 0.571. The maximum Gasteiger partial charge on any atom is 0.124 e. The van der Waals surface area contributed by atoms with Crippen molar-refractivity contribution in [3.63, 3.8) is 0 Å². The van der Waals surface area contributed by atoms with Gasteiger partial charge < -0.3 is 15.2 Å². The van der Waals surface area contributed by atoms with E-state index in [-0.39, 0.29) is 0 Å². The molecule has 0 aliphatic heterocycles. The average molecular weight is 223 g/mol. The van der Waals surface area contributed by atoms with Gasteiger partial charge >= 0.3 is 0 Å². The summed E-state index contributed by atoms with van der Waals surface area (Å²) in [5.74, 6) is 0.838. The van der Waals surface area contributed by atoms with Gasteiger partial charge in [-0.15, -0.1) is 0 Å². The van der Waals surface area contributed by atoms with E-state index in [0.29, 0.717) is 6.61 Å². The highest BCUT2D eigenvalue weighted by molar-refractivity contribution is 5.47. The predicted octanol–water partition coefficient (Wildman–Crippen LogP) is 2.98. The second kappa shape index (κ2) is 7.12. The molecule has 0 aromatic heterocycles. The Balaban J connectivity index is 2.42. The summed E-state index contributed by atoms with van der Waals surface area (Å²) < 4.78 is 10.8.